The quantitative estimate of drug-likeness (QED) is 0.506. The van der Waals surface area contributed by atoms with E-state index < -0.39 is 5.97 Å². The minimum absolute atomic E-state index is 0.0976. The van der Waals surface area contributed by atoms with Crippen LogP contribution in [0.3, 0.4) is 0 Å². The maximum absolute atomic E-state index is 11.3. The lowest BCUT2D eigenvalue weighted by Crippen LogP contribution is -2.10. The summed E-state index contributed by atoms with van der Waals surface area (Å²) in [7, 11) is 0. The van der Waals surface area contributed by atoms with Crippen LogP contribution < -0.4 is 0 Å². The van der Waals surface area contributed by atoms with Crippen LogP contribution in [0, 0.1) is 0 Å². The Balaban J connectivity index is 2.28. The highest BCUT2D eigenvalue weighted by Gasteiger charge is 2.11. The maximum Gasteiger partial charge on any atom is 0.378 e. The van der Waals surface area contributed by atoms with Gasteiger partial charge in [-0.25, -0.2) is 14.5 Å². The van der Waals surface area contributed by atoms with E-state index in [0.29, 0.717) is 19.8 Å². The highest BCUT2D eigenvalue weighted by molar-refractivity contribution is 5.84. The van der Waals surface area contributed by atoms with Crippen molar-refractivity contribution < 1.29 is 14.3 Å². The van der Waals surface area contributed by atoms with Gasteiger partial charge in [0.1, 0.15) is 6.33 Å². The highest BCUT2D eigenvalue weighted by Crippen LogP contribution is 1.94. The van der Waals surface area contributed by atoms with Gasteiger partial charge in [-0.2, -0.15) is 0 Å². The Hall–Kier alpha value is -1.43. The van der Waals surface area contributed by atoms with Gasteiger partial charge in [0.15, 0.2) is 0 Å². The van der Waals surface area contributed by atoms with Crippen LogP contribution >= 0.6 is 0 Å². The molecular weight excluding hydrogens is 222 g/mol. The predicted octanol–water partition coefficient (Wildman–Crippen LogP) is 1.27. The Morgan fingerprint density at radius 1 is 1.41 bits per heavy atom. The number of rotatable bonds is 8. The molecule has 1 aromatic rings. The number of hydrogen-bond acceptors (Lipinski definition) is 5. The van der Waals surface area contributed by atoms with Crippen molar-refractivity contribution in [2.75, 3.05) is 19.8 Å². The van der Waals surface area contributed by atoms with Crippen molar-refractivity contribution in [3.8, 4) is 0 Å². The molecule has 0 N–H and O–H groups in total. The maximum atomic E-state index is 11.3. The number of carbonyl (C=O) groups excluding carboxylic acids is 1. The van der Waals surface area contributed by atoms with Crippen LogP contribution in [-0.4, -0.2) is 40.6 Å². The minimum atomic E-state index is -0.488. The van der Waals surface area contributed by atoms with Crippen LogP contribution in [0.1, 0.15) is 37.3 Å². The van der Waals surface area contributed by atoms with E-state index in [4.69, 9.17) is 9.47 Å². The lowest BCUT2D eigenvalue weighted by molar-refractivity contribution is 0.0511. The standard InChI is InChI=1S/C11H19N3O3/c1-3-5-7-16-8-6-14-9-12-10(13-14)11(15)17-4-2/h9H,3-8H2,1-2H3. The third-order valence-corrected chi connectivity index (χ3v) is 2.10. The molecule has 0 fully saturated rings. The van der Waals surface area contributed by atoms with E-state index in [1.165, 1.54) is 6.33 Å². The molecule has 17 heavy (non-hydrogen) atoms. The van der Waals surface area contributed by atoms with Crippen LogP contribution in [-0.2, 0) is 16.0 Å². The SMILES string of the molecule is CCCCOCCn1cnc(C(=O)OCC)n1. The summed E-state index contributed by atoms with van der Waals surface area (Å²) in [5.41, 5.74) is 0. The third kappa shape index (κ3) is 4.95. The van der Waals surface area contributed by atoms with Gasteiger partial charge >= 0.3 is 5.97 Å². The summed E-state index contributed by atoms with van der Waals surface area (Å²) in [6.45, 7) is 6.12. The second kappa shape index (κ2) is 7.78. The molecule has 0 unspecified atom stereocenters. The summed E-state index contributed by atoms with van der Waals surface area (Å²) in [6, 6.07) is 0. The fourth-order valence-corrected chi connectivity index (χ4v) is 1.20. The number of carbonyl (C=O) groups is 1. The van der Waals surface area contributed by atoms with Crippen LogP contribution in [0.15, 0.2) is 6.33 Å². The number of unbranched alkanes of at least 4 members (excludes halogenated alkanes) is 1. The van der Waals surface area contributed by atoms with Crippen molar-refractivity contribution in [2.24, 2.45) is 0 Å². The molecule has 6 nitrogen and oxygen atoms in total. The zero-order valence-electron chi connectivity index (χ0n) is 10.4. The van der Waals surface area contributed by atoms with Gasteiger partial charge in [-0.05, 0) is 13.3 Å². The molecule has 0 spiro atoms. The molecule has 0 radical (unpaired) electrons. The molecule has 1 aromatic heterocycles. The second-order valence-electron chi connectivity index (χ2n) is 3.52. The highest BCUT2D eigenvalue weighted by atomic mass is 16.5. The lowest BCUT2D eigenvalue weighted by Gasteiger charge is -2.02. The second-order valence-corrected chi connectivity index (χ2v) is 3.52. The number of aromatic nitrogens is 3. The predicted molar refractivity (Wildman–Crippen MR) is 61.7 cm³/mol. The molecule has 1 rings (SSSR count). The van der Waals surface area contributed by atoms with Gasteiger partial charge < -0.3 is 9.47 Å². The lowest BCUT2D eigenvalue weighted by atomic mass is 10.4. The molecule has 0 aromatic carbocycles. The van der Waals surface area contributed by atoms with Gasteiger partial charge in [-0.1, -0.05) is 13.3 Å². The van der Waals surface area contributed by atoms with Crippen LogP contribution in [0.4, 0.5) is 0 Å². The molecule has 0 aliphatic heterocycles. The zero-order chi connectivity index (χ0) is 12.5. The van der Waals surface area contributed by atoms with E-state index in [1.54, 1.807) is 11.6 Å². The Kier molecular flexibility index (Phi) is 6.24. The van der Waals surface area contributed by atoms with Gasteiger partial charge in [-0.3, -0.25) is 0 Å². The van der Waals surface area contributed by atoms with E-state index in [-0.39, 0.29) is 5.82 Å². The van der Waals surface area contributed by atoms with Gasteiger partial charge in [0.2, 0.25) is 0 Å². The average Bonchev–Trinajstić information content (AvgIpc) is 2.78. The molecule has 0 aliphatic rings. The summed E-state index contributed by atoms with van der Waals surface area (Å²) < 4.78 is 11.8. The summed E-state index contributed by atoms with van der Waals surface area (Å²) in [4.78, 5) is 15.2. The molecule has 0 saturated heterocycles. The van der Waals surface area contributed by atoms with Gasteiger partial charge in [0, 0.05) is 6.61 Å². The van der Waals surface area contributed by atoms with Crippen LogP contribution in [0.2, 0.25) is 0 Å². The van der Waals surface area contributed by atoms with E-state index in [9.17, 15) is 4.79 Å². The van der Waals surface area contributed by atoms with E-state index in [2.05, 4.69) is 17.0 Å². The van der Waals surface area contributed by atoms with Crippen molar-refractivity contribution in [2.45, 2.75) is 33.2 Å². The van der Waals surface area contributed by atoms with Gasteiger partial charge in [-0.15, -0.1) is 5.10 Å². The van der Waals surface area contributed by atoms with Crippen molar-refractivity contribution in [1.29, 1.82) is 0 Å². The number of nitrogens with zero attached hydrogens (tertiary/aromatic N) is 3. The summed E-state index contributed by atoms with van der Waals surface area (Å²) in [5.74, 6) is -0.390. The van der Waals surface area contributed by atoms with E-state index in [0.717, 1.165) is 19.4 Å². The Morgan fingerprint density at radius 3 is 2.94 bits per heavy atom. The van der Waals surface area contributed by atoms with Crippen LogP contribution in [0.25, 0.3) is 0 Å². The summed E-state index contributed by atoms with van der Waals surface area (Å²) >= 11 is 0. The van der Waals surface area contributed by atoms with Crippen LogP contribution in [0.5, 0.6) is 0 Å². The molecule has 0 atom stereocenters. The number of esters is 1. The Bertz CT molecular complexity index is 338. The fourth-order valence-electron chi connectivity index (χ4n) is 1.20. The van der Waals surface area contributed by atoms with Crippen molar-refractivity contribution >= 4 is 5.97 Å². The largest absolute Gasteiger partial charge is 0.460 e. The smallest absolute Gasteiger partial charge is 0.378 e. The Morgan fingerprint density at radius 2 is 2.24 bits per heavy atom. The van der Waals surface area contributed by atoms with Crippen molar-refractivity contribution in [1.82, 2.24) is 14.8 Å². The average molecular weight is 241 g/mol. The molecule has 0 aliphatic carbocycles. The Labute approximate surface area is 101 Å². The van der Waals surface area contributed by atoms with E-state index in [1.807, 2.05) is 0 Å². The molecular formula is C11H19N3O3. The first-order chi connectivity index (χ1) is 8.27. The first kappa shape index (κ1) is 13.6. The fraction of sp³-hybridized carbons (Fsp3) is 0.727. The van der Waals surface area contributed by atoms with Gasteiger partial charge in [0.05, 0.1) is 19.8 Å². The molecule has 6 heteroatoms. The third-order valence-electron chi connectivity index (χ3n) is 2.10. The summed E-state index contributed by atoms with van der Waals surface area (Å²) in [6.07, 6.45) is 3.69. The van der Waals surface area contributed by atoms with Gasteiger partial charge in [0.25, 0.3) is 5.82 Å². The normalized spacial score (nSPS) is 10.5. The number of hydrogen-bond donors (Lipinski definition) is 0. The number of ether oxygens (including phenoxy) is 2. The first-order valence-corrected chi connectivity index (χ1v) is 5.92. The molecule has 96 valence electrons. The topological polar surface area (TPSA) is 66.2 Å². The van der Waals surface area contributed by atoms with Crippen molar-refractivity contribution in [3.63, 3.8) is 0 Å². The molecule has 0 amide bonds. The molecule has 1 heterocycles. The first-order valence-electron chi connectivity index (χ1n) is 5.92. The minimum Gasteiger partial charge on any atom is -0.460 e. The summed E-state index contributed by atoms with van der Waals surface area (Å²) in [5, 5.41) is 4.00. The van der Waals surface area contributed by atoms with Crippen molar-refractivity contribution in [3.05, 3.63) is 12.2 Å². The monoisotopic (exact) mass is 241 g/mol. The van der Waals surface area contributed by atoms with E-state index >= 15 is 0 Å². The molecule has 0 saturated carbocycles. The zero-order valence-corrected chi connectivity index (χ0v) is 10.4. The molecule has 0 bridgehead atoms.